The van der Waals surface area contributed by atoms with Crippen LogP contribution < -0.4 is 10.6 Å². The molecule has 3 aromatic carbocycles. The number of nitrogens with zero attached hydrogens (tertiary/aromatic N) is 2. The second-order valence-corrected chi connectivity index (χ2v) is 6.42. The van der Waals surface area contributed by atoms with Crippen molar-refractivity contribution in [3.8, 4) is 0 Å². The summed E-state index contributed by atoms with van der Waals surface area (Å²) in [5.41, 5.74) is 0.134. The van der Waals surface area contributed by atoms with Gasteiger partial charge in [0.2, 0.25) is 0 Å². The average Bonchev–Trinajstić information content (AvgIpc) is 2.78. The van der Waals surface area contributed by atoms with Crippen LogP contribution in [0.15, 0.2) is 72.8 Å². The number of nitro benzene ring substituents is 2. The first-order chi connectivity index (χ1) is 14.8. The minimum Gasteiger partial charge on any atom is -0.348 e. The lowest BCUT2D eigenvalue weighted by Gasteiger charge is -2.08. The first kappa shape index (κ1) is 21.1. The lowest BCUT2D eigenvalue weighted by Crippen LogP contribution is -2.22. The van der Waals surface area contributed by atoms with Crippen molar-refractivity contribution >= 4 is 28.9 Å². The molecule has 0 saturated heterocycles. The van der Waals surface area contributed by atoms with Crippen molar-refractivity contribution in [2.45, 2.75) is 6.54 Å². The molecular formula is C21H16N4O6. The highest BCUT2D eigenvalue weighted by Crippen LogP contribution is 2.25. The fourth-order valence-electron chi connectivity index (χ4n) is 2.76. The molecule has 0 aliphatic heterocycles. The maximum absolute atomic E-state index is 12.4. The summed E-state index contributed by atoms with van der Waals surface area (Å²) < 4.78 is 0. The van der Waals surface area contributed by atoms with Crippen LogP contribution in [-0.2, 0) is 6.54 Å². The molecule has 3 aromatic rings. The smallest absolute Gasteiger partial charge is 0.289 e. The van der Waals surface area contributed by atoms with E-state index in [4.69, 9.17) is 0 Å². The van der Waals surface area contributed by atoms with Crippen LogP contribution in [0.4, 0.5) is 17.1 Å². The number of rotatable bonds is 7. The molecule has 0 bridgehead atoms. The minimum atomic E-state index is -0.859. The highest BCUT2D eigenvalue weighted by atomic mass is 16.6. The molecule has 2 N–H and O–H groups in total. The number of carbonyl (C=O) groups excluding carboxylic acids is 2. The Morgan fingerprint density at radius 3 is 2.10 bits per heavy atom. The predicted molar refractivity (Wildman–Crippen MR) is 112 cm³/mol. The van der Waals surface area contributed by atoms with E-state index in [1.807, 2.05) is 30.3 Å². The van der Waals surface area contributed by atoms with Gasteiger partial charge in [0.05, 0.1) is 15.9 Å². The van der Waals surface area contributed by atoms with Crippen LogP contribution in [0.1, 0.15) is 26.3 Å². The molecule has 0 spiro atoms. The molecule has 156 valence electrons. The van der Waals surface area contributed by atoms with Gasteiger partial charge >= 0.3 is 0 Å². The Kier molecular flexibility index (Phi) is 6.31. The van der Waals surface area contributed by atoms with Gasteiger partial charge in [-0.05, 0) is 35.9 Å². The Hall–Kier alpha value is -4.60. The van der Waals surface area contributed by atoms with Crippen molar-refractivity contribution in [3.63, 3.8) is 0 Å². The van der Waals surface area contributed by atoms with E-state index in [0.29, 0.717) is 17.8 Å². The first-order valence-corrected chi connectivity index (χ1v) is 9.01. The van der Waals surface area contributed by atoms with E-state index < -0.39 is 27.1 Å². The predicted octanol–water partition coefficient (Wildman–Crippen LogP) is 3.69. The summed E-state index contributed by atoms with van der Waals surface area (Å²) in [4.78, 5) is 45.1. The number of nitro groups is 2. The van der Waals surface area contributed by atoms with E-state index in [-0.39, 0.29) is 11.5 Å². The summed E-state index contributed by atoms with van der Waals surface area (Å²) >= 11 is 0. The molecule has 0 aliphatic rings. The maximum Gasteiger partial charge on any atom is 0.289 e. The van der Waals surface area contributed by atoms with Gasteiger partial charge in [-0.3, -0.25) is 29.8 Å². The van der Waals surface area contributed by atoms with Gasteiger partial charge in [-0.2, -0.15) is 0 Å². The quantitative estimate of drug-likeness (QED) is 0.440. The number of nitrogens with one attached hydrogen (secondary N) is 2. The number of anilines is 1. The van der Waals surface area contributed by atoms with Crippen molar-refractivity contribution < 1.29 is 19.4 Å². The van der Waals surface area contributed by atoms with Crippen molar-refractivity contribution in [1.29, 1.82) is 0 Å². The summed E-state index contributed by atoms with van der Waals surface area (Å²) in [6.45, 7) is 0.363. The molecule has 0 aromatic heterocycles. The zero-order valence-electron chi connectivity index (χ0n) is 16.0. The van der Waals surface area contributed by atoms with Gasteiger partial charge < -0.3 is 10.6 Å². The van der Waals surface area contributed by atoms with Crippen molar-refractivity contribution in [2.24, 2.45) is 0 Å². The summed E-state index contributed by atoms with van der Waals surface area (Å²) in [6, 6.07) is 18.1. The van der Waals surface area contributed by atoms with Gasteiger partial charge in [-0.1, -0.05) is 30.3 Å². The van der Waals surface area contributed by atoms with Crippen LogP contribution in [0.25, 0.3) is 0 Å². The van der Waals surface area contributed by atoms with Crippen LogP contribution in [0.5, 0.6) is 0 Å². The average molecular weight is 420 g/mol. The molecule has 0 heterocycles. The van der Waals surface area contributed by atoms with Gasteiger partial charge in [0, 0.05) is 23.9 Å². The first-order valence-electron chi connectivity index (χ1n) is 9.01. The van der Waals surface area contributed by atoms with Crippen LogP contribution in [0, 0.1) is 20.2 Å². The van der Waals surface area contributed by atoms with Crippen molar-refractivity contribution in [1.82, 2.24) is 5.32 Å². The molecule has 31 heavy (non-hydrogen) atoms. The van der Waals surface area contributed by atoms with E-state index in [9.17, 15) is 29.8 Å². The third-order valence-corrected chi connectivity index (χ3v) is 4.33. The molecule has 10 nitrogen and oxygen atoms in total. The third kappa shape index (κ3) is 5.26. The normalized spacial score (nSPS) is 10.2. The van der Waals surface area contributed by atoms with Crippen LogP contribution in [-0.4, -0.2) is 21.7 Å². The lowest BCUT2D eigenvalue weighted by atomic mass is 10.1. The van der Waals surface area contributed by atoms with E-state index in [2.05, 4.69) is 10.6 Å². The van der Waals surface area contributed by atoms with Gasteiger partial charge in [0.25, 0.3) is 23.2 Å². The van der Waals surface area contributed by atoms with Crippen LogP contribution >= 0.6 is 0 Å². The van der Waals surface area contributed by atoms with E-state index in [0.717, 1.165) is 23.8 Å². The van der Waals surface area contributed by atoms with Gasteiger partial charge in [0.15, 0.2) is 0 Å². The number of benzene rings is 3. The zero-order chi connectivity index (χ0) is 22.4. The Labute approximate surface area is 175 Å². The van der Waals surface area contributed by atoms with Crippen molar-refractivity contribution in [2.75, 3.05) is 5.32 Å². The fraction of sp³-hybridized carbons (Fsp3) is 0.0476. The third-order valence-electron chi connectivity index (χ3n) is 4.33. The Morgan fingerprint density at radius 2 is 1.48 bits per heavy atom. The van der Waals surface area contributed by atoms with Crippen LogP contribution in [0.2, 0.25) is 0 Å². The number of amides is 2. The molecule has 0 aliphatic carbocycles. The molecule has 10 heteroatoms. The Bertz CT molecular complexity index is 1150. The monoisotopic (exact) mass is 420 g/mol. The van der Waals surface area contributed by atoms with Gasteiger partial charge in [0.1, 0.15) is 5.56 Å². The number of hydrogen-bond donors (Lipinski definition) is 2. The van der Waals surface area contributed by atoms with Gasteiger partial charge in [-0.25, -0.2) is 0 Å². The highest BCUT2D eigenvalue weighted by molar-refractivity contribution is 6.07. The molecule has 0 atom stereocenters. The molecule has 0 fully saturated rings. The standard InChI is InChI=1S/C21H16N4O6/c26-20(22-13-14-4-2-1-3-5-14)15-6-8-16(9-7-15)23-21(27)18-11-10-17(24(28)29)12-19(18)25(30)31/h1-12H,13H2,(H,22,26)(H,23,27). The van der Waals surface area contributed by atoms with Crippen LogP contribution in [0.3, 0.4) is 0 Å². The molecule has 2 amide bonds. The summed E-state index contributed by atoms with van der Waals surface area (Å²) in [6.07, 6.45) is 0. The fourth-order valence-corrected chi connectivity index (χ4v) is 2.76. The second kappa shape index (κ2) is 9.27. The number of carbonyl (C=O) groups is 2. The zero-order valence-corrected chi connectivity index (χ0v) is 16.0. The van der Waals surface area contributed by atoms with E-state index in [1.165, 1.54) is 24.3 Å². The molecule has 3 rings (SSSR count). The second-order valence-electron chi connectivity index (χ2n) is 6.42. The van der Waals surface area contributed by atoms with E-state index >= 15 is 0 Å². The molecular weight excluding hydrogens is 404 g/mol. The van der Waals surface area contributed by atoms with Crippen molar-refractivity contribution in [3.05, 3.63) is 110 Å². The molecule has 0 unspecified atom stereocenters. The minimum absolute atomic E-state index is 0.298. The summed E-state index contributed by atoms with van der Waals surface area (Å²) in [5.74, 6) is -1.10. The highest BCUT2D eigenvalue weighted by Gasteiger charge is 2.24. The lowest BCUT2D eigenvalue weighted by molar-refractivity contribution is -0.394. The van der Waals surface area contributed by atoms with E-state index in [1.54, 1.807) is 0 Å². The molecule has 0 saturated carbocycles. The number of non-ortho nitro benzene ring substituents is 1. The maximum atomic E-state index is 12.4. The summed E-state index contributed by atoms with van der Waals surface area (Å²) in [7, 11) is 0. The van der Waals surface area contributed by atoms with Gasteiger partial charge in [-0.15, -0.1) is 0 Å². The topological polar surface area (TPSA) is 144 Å². The summed E-state index contributed by atoms with van der Waals surface area (Å²) in [5, 5.41) is 27.3. The molecule has 0 radical (unpaired) electrons. The largest absolute Gasteiger partial charge is 0.348 e. The Morgan fingerprint density at radius 1 is 0.806 bits per heavy atom. The Balaban J connectivity index is 1.68. The number of hydrogen-bond acceptors (Lipinski definition) is 6. The SMILES string of the molecule is O=C(NCc1ccccc1)c1ccc(NC(=O)c2ccc([N+](=O)[O-])cc2[N+](=O)[O-])cc1.